The van der Waals surface area contributed by atoms with Gasteiger partial charge in [-0.15, -0.1) is 6.58 Å². The molecule has 8 heteroatoms. The van der Waals surface area contributed by atoms with Crippen LogP contribution >= 0.6 is 0 Å². The smallest absolute Gasteiger partial charge is 0.223 e. The van der Waals surface area contributed by atoms with Crippen molar-refractivity contribution in [2.45, 2.75) is 103 Å². The number of nitrogens with zero attached hydrogens (tertiary/aromatic N) is 1. The molecule has 2 unspecified atom stereocenters. The lowest BCUT2D eigenvalue weighted by molar-refractivity contribution is -0.143. The second-order valence-electron chi connectivity index (χ2n) is 11.3. The van der Waals surface area contributed by atoms with Gasteiger partial charge in [0.25, 0.3) is 0 Å². The number of hydrogen-bond acceptors (Lipinski definition) is 7. The summed E-state index contributed by atoms with van der Waals surface area (Å²) in [5.41, 5.74) is -0.855. The van der Waals surface area contributed by atoms with Gasteiger partial charge in [-0.25, -0.2) is 4.98 Å². The van der Waals surface area contributed by atoms with Gasteiger partial charge in [-0.3, -0.25) is 9.59 Å². The summed E-state index contributed by atoms with van der Waals surface area (Å²) in [5.74, 6) is -0.868. The number of rotatable bonds is 4. The number of aliphatic hydroxyl groups is 2. The monoisotopic (exact) mass is 502 g/mol. The Kier molecular flexibility index (Phi) is 8.96. The van der Waals surface area contributed by atoms with Crippen molar-refractivity contribution in [1.29, 1.82) is 0 Å². The highest BCUT2D eigenvalue weighted by Crippen LogP contribution is 2.44. The van der Waals surface area contributed by atoms with Crippen LogP contribution in [0.15, 0.2) is 29.4 Å². The number of amides is 1. The number of aromatic nitrogens is 1. The number of nitrogens with one attached hydrogen (secondary N) is 1. The number of epoxide rings is 1. The molecule has 3 rings (SSSR count). The number of oxazole rings is 1. The Bertz CT molecular complexity index is 969. The van der Waals surface area contributed by atoms with E-state index >= 15 is 0 Å². The zero-order chi connectivity index (χ0) is 26.7. The molecule has 2 saturated heterocycles. The largest absolute Gasteiger partial charge is 0.449 e. The first-order valence-corrected chi connectivity index (χ1v) is 13.0. The molecule has 2 fully saturated rings. The van der Waals surface area contributed by atoms with Crippen LogP contribution in [0, 0.1) is 24.2 Å². The van der Waals surface area contributed by atoms with E-state index in [0.29, 0.717) is 24.4 Å². The van der Waals surface area contributed by atoms with E-state index in [1.54, 1.807) is 39.2 Å². The molecule has 2 aliphatic heterocycles. The van der Waals surface area contributed by atoms with E-state index in [9.17, 15) is 19.8 Å². The molecule has 200 valence electrons. The van der Waals surface area contributed by atoms with Crippen molar-refractivity contribution in [2.75, 3.05) is 0 Å². The first-order valence-electron chi connectivity index (χ1n) is 13.0. The summed E-state index contributed by atoms with van der Waals surface area (Å²) in [6.07, 6.45) is 7.83. The summed E-state index contributed by atoms with van der Waals surface area (Å²) >= 11 is 0. The molecule has 36 heavy (non-hydrogen) atoms. The highest BCUT2D eigenvalue weighted by molar-refractivity contribution is 5.88. The van der Waals surface area contributed by atoms with Gasteiger partial charge in [0.05, 0.1) is 41.8 Å². The topological polar surface area (TPSA) is 125 Å². The van der Waals surface area contributed by atoms with Crippen LogP contribution in [-0.2, 0) is 14.3 Å². The van der Waals surface area contributed by atoms with Gasteiger partial charge in [0.1, 0.15) is 17.7 Å². The predicted molar refractivity (Wildman–Crippen MR) is 137 cm³/mol. The van der Waals surface area contributed by atoms with Gasteiger partial charge < -0.3 is 24.7 Å². The molecule has 2 aliphatic rings. The second kappa shape index (κ2) is 11.4. The van der Waals surface area contributed by atoms with Crippen LogP contribution < -0.4 is 5.32 Å². The number of hydrogen-bond donors (Lipinski definition) is 3. The number of allylic oxidation sites excluding steroid dienone is 1. The summed E-state index contributed by atoms with van der Waals surface area (Å²) < 4.78 is 11.3. The summed E-state index contributed by atoms with van der Waals surface area (Å²) in [6, 6.07) is -0.338. The van der Waals surface area contributed by atoms with Gasteiger partial charge in [0, 0.05) is 19.3 Å². The van der Waals surface area contributed by atoms with Crippen molar-refractivity contribution in [3.8, 4) is 0 Å². The Morgan fingerprint density at radius 1 is 1.28 bits per heavy atom. The van der Waals surface area contributed by atoms with Crippen molar-refractivity contribution in [3.63, 3.8) is 0 Å². The fourth-order valence-corrected chi connectivity index (χ4v) is 5.16. The molecule has 7 atom stereocenters. The van der Waals surface area contributed by atoms with Crippen LogP contribution in [0.5, 0.6) is 0 Å². The lowest BCUT2D eigenvalue weighted by Gasteiger charge is -2.35. The van der Waals surface area contributed by atoms with Gasteiger partial charge in [-0.2, -0.15) is 0 Å². The lowest BCUT2D eigenvalue weighted by Crippen LogP contribution is -2.47. The molecule has 8 nitrogen and oxygen atoms in total. The van der Waals surface area contributed by atoms with E-state index in [1.807, 2.05) is 13.0 Å². The number of carbonyl (C=O) groups is 2. The van der Waals surface area contributed by atoms with Crippen LogP contribution in [0.3, 0.4) is 0 Å². The Morgan fingerprint density at radius 3 is 2.64 bits per heavy atom. The number of aliphatic hydroxyl groups excluding tert-OH is 2. The van der Waals surface area contributed by atoms with Crippen LogP contribution in [0.2, 0.25) is 0 Å². The SMILES string of the molecule is C=CC[C@H]1C(=O)C(C)(C)[C@@H](O)CC(=O)N[C@H](C=Cc2coc(C)n2)CC2OC2(C)CCC[C@H](C)[C@H]1O. The first-order chi connectivity index (χ1) is 16.9. The van der Waals surface area contributed by atoms with Crippen LogP contribution in [-0.4, -0.2) is 56.8 Å². The standard InChI is InChI=1S/C28H42N2O6/c1-7-9-21-25(33)17(2)10-8-13-28(6)23(36-28)14-19(11-12-20-16-35-18(3)29-20)30-24(32)15-22(31)27(4,5)26(21)34/h7,11-12,16-17,19,21-23,25,31,33H,1,8-10,13-15H2,2-6H3,(H,30,32)/t17-,19+,21+,22-,23?,25+,28?/m0/s1. The fraction of sp³-hybridized carbons (Fsp3) is 0.679. The van der Waals surface area contributed by atoms with Gasteiger partial charge in [-0.1, -0.05) is 39.3 Å². The molecule has 1 amide bonds. The Labute approximate surface area is 214 Å². The third kappa shape index (κ3) is 6.72. The summed E-state index contributed by atoms with van der Waals surface area (Å²) in [4.78, 5) is 30.8. The number of ether oxygens (including phenoxy) is 1. The Hall–Kier alpha value is -2.29. The molecule has 0 spiro atoms. The zero-order valence-corrected chi connectivity index (χ0v) is 22.2. The quantitative estimate of drug-likeness (QED) is 0.423. The predicted octanol–water partition coefficient (Wildman–Crippen LogP) is 3.75. The molecule has 0 bridgehead atoms. The van der Waals surface area contributed by atoms with Crippen LogP contribution in [0.1, 0.15) is 77.8 Å². The molecule has 1 aromatic rings. The minimum atomic E-state index is -1.22. The minimum absolute atomic E-state index is 0.0175. The Morgan fingerprint density at radius 2 is 2.00 bits per heavy atom. The highest BCUT2D eigenvalue weighted by atomic mass is 16.6. The molecule has 0 aromatic carbocycles. The van der Waals surface area contributed by atoms with Gasteiger partial charge in [0.15, 0.2) is 5.89 Å². The molecule has 1 aromatic heterocycles. The van der Waals surface area contributed by atoms with Gasteiger partial charge in [0.2, 0.25) is 5.91 Å². The van der Waals surface area contributed by atoms with Gasteiger partial charge >= 0.3 is 0 Å². The summed E-state index contributed by atoms with van der Waals surface area (Å²) in [5, 5.41) is 25.0. The van der Waals surface area contributed by atoms with Crippen molar-refractivity contribution in [2.24, 2.45) is 17.3 Å². The molecule has 0 saturated carbocycles. The molecule has 0 radical (unpaired) electrons. The van der Waals surface area contributed by atoms with Crippen molar-refractivity contribution in [3.05, 3.63) is 36.6 Å². The Balaban J connectivity index is 1.84. The average Bonchev–Trinajstić information content (AvgIpc) is 3.24. The maximum absolute atomic E-state index is 13.5. The summed E-state index contributed by atoms with van der Waals surface area (Å²) in [7, 11) is 0. The summed E-state index contributed by atoms with van der Waals surface area (Å²) in [6.45, 7) is 12.8. The number of Topliss-reactive ketones (excluding diaryl/α,β-unsaturated/α-hetero) is 1. The maximum Gasteiger partial charge on any atom is 0.223 e. The number of fused-ring (bicyclic) bond motifs is 1. The normalized spacial score (nSPS) is 36.3. The van der Waals surface area contributed by atoms with Crippen molar-refractivity contribution >= 4 is 17.8 Å². The minimum Gasteiger partial charge on any atom is -0.449 e. The molecular formula is C28H42N2O6. The third-order valence-electron chi connectivity index (χ3n) is 7.92. The molecule has 0 aliphatic carbocycles. The fourth-order valence-electron chi connectivity index (χ4n) is 5.16. The molecular weight excluding hydrogens is 460 g/mol. The maximum atomic E-state index is 13.5. The number of ketones is 1. The zero-order valence-electron chi connectivity index (χ0n) is 22.2. The molecule has 3 heterocycles. The van der Waals surface area contributed by atoms with Crippen LogP contribution in [0.4, 0.5) is 0 Å². The van der Waals surface area contributed by atoms with E-state index in [2.05, 4.69) is 23.8 Å². The van der Waals surface area contributed by atoms with Crippen molar-refractivity contribution < 1.29 is 29.0 Å². The van der Waals surface area contributed by atoms with E-state index in [4.69, 9.17) is 9.15 Å². The third-order valence-corrected chi connectivity index (χ3v) is 7.92. The van der Waals surface area contributed by atoms with Crippen molar-refractivity contribution in [1.82, 2.24) is 10.3 Å². The second-order valence-corrected chi connectivity index (χ2v) is 11.3. The highest BCUT2D eigenvalue weighted by Gasteiger charge is 2.52. The van der Waals surface area contributed by atoms with E-state index in [1.165, 1.54) is 0 Å². The molecule has 3 N–H and O–H groups in total. The van der Waals surface area contributed by atoms with E-state index in [0.717, 1.165) is 19.3 Å². The van der Waals surface area contributed by atoms with Gasteiger partial charge in [-0.05, 0) is 38.2 Å². The van der Waals surface area contributed by atoms with E-state index < -0.39 is 23.5 Å². The van der Waals surface area contributed by atoms with E-state index in [-0.39, 0.29) is 41.8 Å². The number of carbonyl (C=O) groups excluding carboxylic acids is 2. The first kappa shape index (κ1) is 28.3. The number of aryl methyl sites for hydroxylation is 1. The average molecular weight is 503 g/mol. The van der Waals surface area contributed by atoms with Crippen LogP contribution in [0.25, 0.3) is 6.08 Å². The lowest BCUT2D eigenvalue weighted by atomic mass is 9.71.